The maximum Gasteiger partial charge on any atom is 0.338 e. The summed E-state index contributed by atoms with van der Waals surface area (Å²) >= 11 is 0. The molecular weight excluding hydrogens is 602 g/mol. The molecule has 0 aliphatic heterocycles. The van der Waals surface area contributed by atoms with Crippen molar-refractivity contribution in [2.75, 3.05) is 0 Å². The minimum Gasteiger partial charge on any atom is -0.462 e. The Labute approximate surface area is 297 Å². The number of ether oxygens (including phenoxy) is 3. The summed E-state index contributed by atoms with van der Waals surface area (Å²) in [5.74, 6) is 0.291. The van der Waals surface area contributed by atoms with Gasteiger partial charge in [0.05, 0.1) is 23.5 Å². The van der Waals surface area contributed by atoms with E-state index in [1.807, 2.05) is 121 Å². The van der Waals surface area contributed by atoms with E-state index in [1.165, 1.54) is 5.56 Å². The second-order valence-electron chi connectivity index (χ2n) is 12.6. The number of hydrogen-bond acceptors (Lipinski definition) is 7. The van der Waals surface area contributed by atoms with Crippen molar-refractivity contribution in [3.63, 3.8) is 0 Å². The lowest BCUT2D eigenvalue weighted by Gasteiger charge is -2.23. The van der Waals surface area contributed by atoms with Gasteiger partial charge >= 0.3 is 17.9 Å². The van der Waals surface area contributed by atoms with Crippen molar-refractivity contribution in [1.29, 1.82) is 0 Å². The van der Waals surface area contributed by atoms with Crippen LogP contribution in [0.2, 0.25) is 0 Å². The van der Waals surface area contributed by atoms with Gasteiger partial charge in [-0.2, -0.15) is 0 Å². The normalized spacial score (nSPS) is 12.8. The highest BCUT2D eigenvalue weighted by molar-refractivity contribution is 5.89. The van der Waals surface area contributed by atoms with Gasteiger partial charge in [0.25, 0.3) is 0 Å². The van der Waals surface area contributed by atoms with E-state index in [-0.39, 0.29) is 47.9 Å². The van der Waals surface area contributed by atoms with Gasteiger partial charge in [0.2, 0.25) is 0 Å². The standard InChI is InChI=1S/C25H40O4.C10H21NO2.3C2H6/c1-17(2)21(7)29-24(26)20(6)19(5)11-9-8-10-12-22-13-15-23(16-14-22)25(27)28-18(3)4;1-5-8(6-2)10(12)13-9(11)7(3)4;3*1-2/h13-21H,8-12H2,1-7H3;7-9H,5-6,11H2,1-4H3;3*1-2H3. The van der Waals surface area contributed by atoms with Gasteiger partial charge in [0.15, 0.2) is 6.23 Å². The van der Waals surface area contributed by atoms with Crippen molar-refractivity contribution in [2.24, 2.45) is 35.3 Å². The van der Waals surface area contributed by atoms with E-state index in [2.05, 4.69) is 20.8 Å². The highest BCUT2D eigenvalue weighted by atomic mass is 16.6. The third kappa shape index (κ3) is 25.6. The van der Waals surface area contributed by atoms with Gasteiger partial charge in [-0.15, -0.1) is 0 Å². The second-order valence-corrected chi connectivity index (χ2v) is 12.6. The van der Waals surface area contributed by atoms with Crippen LogP contribution in [0.3, 0.4) is 0 Å². The van der Waals surface area contributed by atoms with Crippen LogP contribution in [0.15, 0.2) is 24.3 Å². The maximum absolute atomic E-state index is 12.3. The number of esters is 3. The average Bonchev–Trinajstić information content (AvgIpc) is 3.07. The molecule has 1 aromatic carbocycles. The lowest BCUT2D eigenvalue weighted by atomic mass is 9.90. The molecule has 4 unspecified atom stereocenters. The Hall–Kier alpha value is -2.41. The molecule has 1 rings (SSSR count). The third-order valence-electron chi connectivity index (χ3n) is 7.85. The van der Waals surface area contributed by atoms with Crippen molar-refractivity contribution in [3.8, 4) is 0 Å². The fraction of sp³-hybridized carbons (Fsp3) is 0.780. The van der Waals surface area contributed by atoms with Gasteiger partial charge in [0, 0.05) is 5.92 Å². The molecule has 0 aromatic heterocycles. The zero-order valence-corrected chi connectivity index (χ0v) is 34.4. The van der Waals surface area contributed by atoms with E-state index in [1.54, 1.807) is 0 Å². The Balaban J connectivity index is -0.000000426. The van der Waals surface area contributed by atoms with Gasteiger partial charge in [-0.3, -0.25) is 15.3 Å². The summed E-state index contributed by atoms with van der Waals surface area (Å²) in [7, 11) is 0. The summed E-state index contributed by atoms with van der Waals surface area (Å²) in [5, 5.41) is 0. The molecule has 7 nitrogen and oxygen atoms in total. The van der Waals surface area contributed by atoms with Crippen LogP contribution in [0.25, 0.3) is 0 Å². The first-order valence-corrected chi connectivity index (χ1v) is 19.1. The fourth-order valence-electron chi connectivity index (χ4n) is 3.96. The molecule has 0 aliphatic rings. The Bertz CT molecular complexity index is 893. The molecule has 0 bridgehead atoms. The zero-order valence-electron chi connectivity index (χ0n) is 34.4. The van der Waals surface area contributed by atoms with Crippen molar-refractivity contribution < 1.29 is 28.6 Å². The molecule has 284 valence electrons. The van der Waals surface area contributed by atoms with Gasteiger partial charge in [-0.1, -0.05) is 122 Å². The van der Waals surface area contributed by atoms with Gasteiger partial charge in [-0.05, 0) is 82.4 Å². The van der Waals surface area contributed by atoms with Crippen molar-refractivity contribution in [3.05, 3.63) is 35.4 Å². The van der Waals surface area contributed by atoms with Crippen LogP contribution in [0.5, 0.6) is 0 Å². The summed E-state index contributed by atoms with van der Waals surface area (Å²) in [6.45, 7) is 33.7. The van der Waals surface area contributed by atoms with E-state index in [0.717, 1.165) is 44.9 Å². The second kappa shape index (κ2) is 33.1. The van der Waals surface area contributed by atoms with E-state index < -0.39 is 6.23 Å². The molecule has 0 amide bonds. The first kappa shape index (κ1) is 52.4. The lowest BCUT2D eigenvalue weighted by Crippen LogP contribution is -2.34. The quantitative estimate of drug-likeness (QED) is 0.0755. The maximum atomic E-state index is 12.3. The topological polar surface area (TPSA) is 105 Å². The van der Waals surface area contributed by atoms with Crippen LogP contribution in [0.4, 0.5) is 0 Å². The minimum absolute atomic E-state index is 0.00444. The van der Waals surface area contributed by atoms with Crippen LogP contribution >= 0.6 is 0 Å². The van der Waals surface area contributed by atoms with Crippen molar-refractivity contribution in [1.82, 2.24) is 0 Å². The first-order chi connectivity index (χ1) is 22.6. The highest BCUT2D eigenvalue weighted by Gasteiger charge is 2.24. The molecule has 0 saturated heterocycles. The van der Waals surface area contributed by atoms with Crippen molar-refractivity contribution in [2.45, 2.75) is 181 Å². The Morgan fingerprint density at radius 2 is 1.15 bits per heavy atom. The summed E-state index contributed by atoms with van der Waals surface area (Å²) < 4.78 is 15.9. The molecular formula is C41H79NO6. The SMILES string of the molecule is CC.CC.CC.CC(C)OC(=O)c1ccc(CCCCCC(C)C(C)C(=O)OC(C)C(C)C)cc1.CCC(CC)C(=O)OC(N)C(C)C. The molecule has 0 fully saturated rings. The number of unbranched alkanes of at least 4 members (excludes halogenated alkanes) is 2. The monoisotopic (exact) mass is 682 g/mol. The molecule has 0 saturated carbocycles. The number of rotatable bonds is 17. The number of carbonyl (C=O) groups is 3. The molecule has 7 heteroatoms. The van der Waals surface area contributed by atoms with Gasteiger partial charge in [0.1, 0.15) is 6.10 Å². The van der Waals surface area contributed by atoms with Crippen LogP contribution in [-0.2, 0) is 30.2 Å². The lowest BCUT2D eigenvalue weighted by molar-refractivity contribution is -0.157. The largest absolute Gasteiger partial charge is 0.462 e. The van der Waals surface area contributed by atoms with Gasteiger partial charge in [-0.25, -0.2) is 4.79 Å². The molecule has 2 N–H and O–H groups in total. The number of hydrogen-bond donors (Lipinski definition) is 1. The van der Waals surface area contributed by atoms with Crippen molar-refractivity contribution >= 4 is 17.9 Å². The Morgan fingerprint density at radius 3 is 1.56 bits per heavy atom. The molecule has 1 aromatic rings. The van der Waals surface area contributed by atoms with Crippen LogP contribution in [-0.4, -0.2) is 36.3 Å². The van der Waals surface area contributed by atoms with Crippen LogP contribution in [0, 0.1) is 29.6 Å². The molecule has 0 aliphatic carbocycles. The Kier molecular flexibility index (Phi) is 36.1. The molecule has 4 atom stereocenters. The first-order valence-electron chi connectivity index (χ1n) is 19.1. The number of benzene rings is 1. The zero-order chi connectivity index (χ0) is 38.4. The number of nitrogens with two attached hydrogens (primary N) is 1. The highest BCUT2D eigenvalue weighted by Crippen LogP contribution is 2.22. The van der Waals surface area contributed by atoms with E-state index in [0.29, 0.717) is 17.4 Å². The van der Waals surface area contributed by atoms with E-state index in [4.69, 9.17) is 19.9 Å². The predicted molar refractivity (Wildman–Crippen MR) is 205 cm³/mol. The summed E-state index contributed by atoms with van der Waals surface area (Å²) in [6.07, 6.45) is 6.41. The Morgan fingerprint density at radius 1 is 0.646 bits per heavy atom. The predicted octanol–water partition coefficient (Wildman–Crippen LogP) is 11.2. The summed E-state index contributed by atoms with van der Waals surface area (Å²) in [4.78, 5) is 35.5. The smallest absolute Gasteiger partial charge is 0.338 e. The fourth-order valence-corrected chi connectivity index (χ4v) is 3.96. The molecule has 0 heterocycles. The summed E-state index contributed by atoms with van der Waals surface area (Å²) in [5.41, 5.74) is 7.46. The number of carbonyl (C=O) groups excluding carboxylic acids is 3. The number of aryl methyl sites for hydroxylation is 1. The minimum atomic E-state index is -0.465. The van der Waals surface area contributed by atoms with Gasteiger partial charge < -0.3 is 14.2 Å². The van der Waals surface area contributed by atoms with E-state index >= 15 is 0 Å². The van der Waals surface area contributed by atoms with Crippen LogP contribution in [0.1, 0.15) is 172 Å². The van der Waals surface area contributed by atoms with E-state index in [9.17, 15) is 14.4 Å². The molecule has 0 radical (unpaired) electrons. The molecule has 48 heavy (non-hydrogen) atoms. The van der Waals surface area contributed by atoms with Crippen LogP contribution < -0.4 is 5.73 Å². The summed E-state index contributed by atoms with van der Waals surface area (Å²) in [6, 6.07) is 7.70. The third-order valence-corrected chi connectivity index (χ3v) is 7.85. The molecule has 0 spiro atoms. The average molecular weight is 682 g/mol.